The lowest BCUT2D eigenvalue weighted by Crippen LogP contribution is -2.49. The zero-order valence-corrected chi connectivity index (χ0v) is 23.6. The van der Waals surface area contributed by atoms with Gasteiger partial charge in [-0.15, -0.1) is 0 Å². The SMILES string of the molecule is CC(O)O.C[C@]12CC[C@H](n3ccnc3)CC1=CCC1C2CC[C@]2(C)C(C3=CCc4ccccc4N=C3)=CCC12. The molecule has 5 nitrogen and oxygen atoms in total. The zero-order chi connectivity index (χ0) is 27.2. The summed E-state index contributed by atoms with van der Waals surface area (Å²) >= 11 is 0. The van der Waals surface area contributed by atoms with Gasteiger partial charge in [0, 0.05) is 24.7 Å². The van der Waals surface area contributed by atoms with Crippen LogP contribution >= 0.6 is 0 Å². The molecular weight excluding hydrogens is 482 g/mol. The van der Waals surface area contributed by atoms with E-state index < -0.39 is 6.29 Å². The molecule has 2 aromatic rings. The van der Waals surface area contributed by atoms with E-state index >= 15 is 0 Å². The van der Waals surface area contributed by atoms with Crippen LogP contribution < -0.4 is 0 Å². The normalized spacial score (nSPS) is 34.8. The Morgan fingerprint density at radius 3 is 2.56 bits per heavy atom. The molecule has 0 saturated heterocycles. The third-order valence-electron chi connectivity index (χ3n) is 10.8. The van der Waals surface area contributed by atoms with Crippen LogP contribution in [0.4, 0.5) is 5.69 Å². The molecule has 2 N–H and O–H groups in total. The second-order valence-electron chi connectivity index (χ2n) is 12.9. The second kappa shape index (κ2) is 10.3. The van der Waals surface area contributed by atoms with Gasteiger partial charge in [-0.2, -0.15) is 0 Å². The molecule has 0 radical (unpaired) electrons. The van der Waals surface area contributed by atoms with E-state index in [0.717, 1.165) is 29.9 Å². The monoisotopic (exact) mass is 525 g/mol. The van der Waals surface area contributed by atoms with Crippen molar-refractivity contribution in [2.45, 2.75) is 84.5 Å². The van der Waals surface area contributed by atoms with E-state index in [2.05, 4.69) is 78.3 Å². The fourth-order valence-corrected chi connectivity index (χ4v) is 8.80. The molecule has 5 aliphatic rings. The van der Waals surface area contributed by atoms with Crippen LogP contribution in [0, 0.1) is 28.6 Å². The largest absolute Gasteiger partial charge is 0.368 e. The Morgan fingerprint density at radius 2 is 1.77 bits per heavy atom. The fourth-order valence-electron chi connectivity index (χ4n) is 8.80. The van der Waals surface area contributed by atoms with Gasteiger partial charge in [-0.3, -0.25) is 4.99 Å². The average Bonchev–Trinajstić information content (AvgIpc) is 3.51. The van der Waals surface area contributed by atoms with Crippen LogP contribution in [0.1, 0.15) is 77.3 Å². The van der Waals surface area contributed by atoms with Crippen molar-refractivity contribution >= 4 is 11.9 Å². The van der Waals surface area contributed by atoms with Crippen LogP contribution in [0.5, 0.6) is 0 Å². The number of hydrogen-bond donors (Lipinski definition) is 2. The molecule has 1 aliphatic heterocycles. The summed E-state index contributed by atoms with van der Waals surface area (Å²) in [4.78, 5) is 9.22. The quantitative estimate of drug-likeness (QED) is 0.324. The Hall–Kier alpha value is -2.76. The van der Waals surface area contributed by atoms with Crippen molar-refractivity contribution in [1.82, 2.24) is 9.55 Å². The lowest BCUT2D eigenvalue weighted by Gasteiger charge is -2.58. The Labute approximate surface area is 233 Å². The third kappa shape index (κ3) is 4.68. The van der Waals surface area contributed by atoms with E-state index in [-0.39, 0.29) is 5.41 Å². The van der Waals surface area contributed by atoms with Gasteiger partial charge in [0.25, 0.3) is 0 Å². The van der Waals surface area contributed by atoms with Crippen LogP contribution in [0.3, 0.4) is 0 Å². The van der Waals surface area contributed by atoms with Crippen molar-refractivity contribution in [2.24, 2.45) is 33.6 Å². The fraction of sp³-hybridized carbons (Fsp3) is 0.529. The number of fused-ring (bicyclic) bond motifs is 6. The summed E-state index contributed by atoms with van der Waals surface area (Å²) < 4.78 is 2.35. The first kappa shape index (κ1) is 26.5. The number of nitrogens with zero attached hydrogens (tertiary/aromatic N) is 3. The first-order chi connectivity index (χ1) is 18.8. The van der Waals surface area contributed by atoms with Crippen LogP contribution in [0.15, 0.2) is 82.9 Å². The Balaban J connectivity index is 0.000000650. The number of aliphatic hydroxyl groups is 2. The molecule has 3 unspecified atom stereocenters. The predicted molar refractivity (Wildman–Crippen MR) is 157 cm³/mol. The standard InChI is InChI=1S/C32H37N3.C2H6O2/c1-31-15-13-25(35-18-17-33-21-35)19-24(31)9-10-26-28-12-11-27(32(28,2)16-14-29(26)31)23-8-7-22-5-3-4-6-30(22)34-20-23;1-2(3)4/h3-6,8-9,11,17-18,20-21,25-26,28-29H,7,10,12-16,19H2,1-2H3;2-4H,1H3/t25-,26?,28?,29?,31-,32+;/m0./s1. The lowest BCUT2D eigenvalue weighted by molar-refractivity contribution is -0.0228. The third-order valence-corrected chi connectivity index (χ3v) is 10.8. The predicted octanol–water partition coefficient (Wildman–Crippen LogP) is 7.13. The Kier molecular flexibility index (Phi) is 7.01. The molecule has 206 valence electrons. The Bertz CT molecular complexity index is 1320. The Morgan fingerprint density at radius 1 is 0.974 bits per heavy atom. The van der Waals surface area contributed by atoms with Gasteiger partial charge < -0.3 is 14.8 Å². The highest BCUT2D eigenvalue weighted by atomic mass is 16.5. The molecule has 0 amide bonds. The number of para-hydroxylation sites is 1. The molecule has 2 fully saturated rings. The van der Waals surface area contributed by atoms with Crippen LogP contribution in [-0.4, -0.2) is 32.3 Å². The van der Waals surface area contributed by atoms with Crippen LogP contribution in [0.2, 0.25) is 0 Å². The maximum atomic E-state index is 7.61. The highest BCUT2D eigenvalue weighted by Gasteiger charge is 2.57. The first-order valence-corrected chi connectivity index (χ1v) is 14.9. The molecule has 0 bridgehead atoms. The number of allylic oxidation sites excluding steroid dienone is 6. The second-order valence-corrected chi connectivity index (χ2v) is 12.9. The molecule has 1 aromatic heterocycles. The van der Waals surface area contributed by atoms with Gasteiger partial charge in [-0.1, -0.05) is 55.8 Å². The van der Waals surface area contributed by atoms with Gasteiger partial charge >= 0.3 is 0 Å². The first-order valence-electron chi connectivity index (χ1n) is 14.9. The number of benzene rings is 1. The average molecular weight is 526 g/mol. The minimum absolute atomic E-state index is 0.283. The zero-order valence-electron chi connectivity index (χ0n) is 23.6. The minimum Gasteiger partial charge on any atom is -0.368 e. The summed E-state index contributed by atoms with van der Waals surface area (Å²) in [5.41, 5.74) is 7.85. The number of aliphatic imine (C=N–C) groups is 1. The smallest absolute Gasteiger partial charge is 0.148 e. The maximum Gasteiger partial charge on any atom is 0.148 e. The van der Waals surface area contributed by atoms with Gasteiger partial charge in [-0.25, -0.2) is 4.98 Å². The van der Waals surface area contributed by atoms with Crippen molar-refractivity contribution in [1.29, 1.82) is 0 Å². The van der Waals surface area contributed by atoms with Crippen molar-refractivity contribution in [3.05, 3.63) is 83.5 Å². The van der Waals surface area contributed by atoms with E-state index in [4.69, 9.17) is 15.2 Å². The maximum absolute atomic E-state index is 7.61. The molecular formula is C34H43N3O2. The summed E-state index contributed by atoms with van der Waals surface area (Å²) in [5, 5.41) is 15.2. The summed E-state index contributed by atoms with van der Waals surface area (Å²) in [7, 11) is 0. The van der Waals surface area contributed by atoms with E-state index in [1.165, 1.54) is 63.0 Å². The molecule has 0 spiro atoms. The summed E-state index contributed by atoms with van der Waals surface area (Å²) in [6.45, 7) is 6.47. The molecule has 1 aromatic carbocycles. The van der Waals surface area contributed by atoms with Gasteiger partial charge in [0.2, 0.25) is 0 Å². The van der Waals surface area contributed by atoms with Gasteiger partial charge in [0.1, 0.15) is 6.29 Å². The lowest BCUT2D eigenvalue weighted by atomic mass is 9.47. The van der Waals surface area contributed by atoms with Gasteiger partial charge in [-0.05, 0) is 110 Å². The number of imidazole rings is 1. The van der Waals surface area contributed by atoms with Gasteiger partial charge in [0.05, 0.1) is 12.0 Å². The number of aliphatic hydroxyl groups excluding tert-OH is 1. The summed E-state index contributed by atoms with van der Waals surface area (Å²) in [6.07, 6.45) is 24.8. The number of rotatable bonds is 2. The molecule has 6 atom stereocenters. The molecule has 5 heteroatoms. The molecule has 4 aliphatic carbocycles. The van der Waals surface area contributed by atoms with E-state index in [0.29, 0.717) is 11.5 Å². The van der Waals surface area contributed by atoms with Crippen LogP contribution in [0.25, 0.3) is 0 Å². The van der Waals surface area contributed by atoms with Crippen molar-refractivity contribution in [3.8, 4) is 0 Å². The highest BCUT2D eigenvalue weighted by molar-refractivity contribution is 5.88. The van der Waals surface area contributed by atoms with E-state index in [9.17, 15) is 0 Å². The molecule has 7 rings (SSSR count). The van der Waals surface area contributed by atoms with Crippen molar-refractivity contribution in [2.75, 3.05) is 0 Å². The highest BCUT2D eigenvalue weighted by Crippen LogP contribution is 2.66. The molecule has 2 heterocycles. The number of aromatic nitrogens is 2. The van der Waals surface area contributed by atoms with Crippen molar-refractivity contribution < 1.29 is 10.2 Å². The number of hydrogen-bond acceptors (Lipinski definition) is 4. The van der Waals surface area contributed by atoms with Crippen LogP contribution in [-0.2, 0) is 6.42 Å². The molecule has 2 saturated carbocycles. The van der Waals surface area contributed by atoms with Crippen molar-refractivity contribution in [3.63, 3.8) is 0 Å². The van der Waals surface area contributed by atoms with E-state index in [1.54, 1.807) is 11.1 Å². The van der Waals surface area contributed by atoms with Gasteiger partial charge in [0.15, 0.2) is 0 Å². The topological polar surface area (TPSA) is 70.6 Å². The van der Waals surface area contributed by atoms with E-state index in [1.807, 2.05) is 12.5 Å². The molecule has 39 heavy (non-hydrogen) atoms. The minimum atomic E-state index is -1.17. The summed E-state index contributed by atoms with van der Waals surface area (Å²) in [5.74, 6) is 2.40. The summed E-state index contributed by atoms with van der Waals surface area (Å²) in [6, 6.07) is 9.19.